The summed E-state index contributed by atoms with van der Waals surface area (Å²) in [5.74, 6) is 1.33. The van der Waals surface area contributed by atoms with Gasteiger partial charge in [0.2, 0.25) is 0 Å². The molecule has 0 aliphatic heterocycles. The molecule has 2 rings (SSSR count). The van der Waals surface area contributed by atoms with Crippen LogP contribution in [0.25, 0.3) is 0 Å². The lowest BCUT2D eigenvalue weighted by atomic mass is 10.1. The van der Waals surface area contributed by atoms with Gasteiger partial charge in [0.05, 0.1) is 7.11 Å². The van der Waals surface area contributed by atoms with Crippen LogP contribution in [-0.4, -0.2) is 13.3 Å². The molecule has 0 spiro atoms. The third-order valence-corrected chi connectivity index (χ3v) is 4.01. The van der Waals surface area contributed by atoms with Gasteiger partial charge in [0.25, 0.3) is 0 Å². The van der Waals surface area contributed by atoms with Gasteiger partial charge >= 0.3 is 6.16 Å². The number of rotatable bonds is 6. The highest BCUT2D eigenvalue weighted by Gasteiger charge is 2.13. The summed E-state index contributed by atoms with van der Waals surface area (Å²) in [6, 6.07) is 11.8. The molecule has 4 nitrogen and oxygen atoms in total. The van der Waals surface area contributed by atoms with Gasteiger partial charge in [0.1, 0.15) is 18.1 Å². The molecule has 2 aromatic rings. The van der Waals surface area contributed by atoms with Crippen molar-refractivity contribution >= 4 is 6.16 Å². The Hall–Kier alpha value is -2.49. The number of methoxy groups -OCH3 is 1. The minimum Gasteiger partial charge on any atom is -0.488 e. The van der Waals surface area contributed by atoms with Gasteiger partial charge in [-0.1, -0.05) is 38.1 Å². The Kier molecular flexibility index (Phi) is 6.24. The number of hydrogen-bond acceptors (Lipinski definition) is 4. The van der Waals surface area contributed by atoms with E-state index in [-0.39, 0.29) is 0 Å². The van der Waals surface area contributed by atoms with Crippen LogP contribution in [0.15, 0.2) is 36.4 Å². The quantitative estimate of drug-likeness (QED) is 0.562. The van der Waals surface area contributed by atoms with Crippen LogP contribution in [0.2, 0.25) is 0 Å². The predicted molar refractivity (Wildman–Crippen MR) is 93.7 cm³/mol. The average Bonchev–Trinajstić information content (AvgIpc) is 2.61. The van der Waals surface area contributed by atoms with Crippen LogP contribution in [-0.2, 0) is 24.2 Å². The molecule has 2 aromatic carbocycles. The van der Waals surface area contributed by atoms with Gasteiger partial charge in [0.15, 0.2) is 0 Å². The molecule has 0 saturated heterocycles. The lowest BCUT2D eigenvalue weighted by Crippen LogP contribution is -2.11. The maximum absolute atomic E-state index is 11.4. The number of ether oxygens (including phenoxy) is 3. The summed E-state index contributed by atoms with van der Waals surface area (Å²) in [5.41, 5.74) is 4.31. The van der Waals surface area contributed by atoms with Gasteiger partial charge in [-0.15, -0.1) is 0 Å². The smallest absolute Gasteiger partial charge is 0.488 e. The zero-order valence-corrected chi connectivity index (χ0v) is 14.7. The largest absolute Gasteiger partial charge is 0.513 e. The minimum absolute atomic E-state index is 0.331. The molecule has 0 atom stereocenters. The molecule has 4 heteroatoms. The van der Waals surface area contributed by atoms with E-state index in [1.807, 2.05) is 25.1 Å². The Morgan fingerprint density at radius 1 is 1.04 bits per heavy atom. The van der Waals surface area contributed by atoms with E-state index in [2.05, 4.69) is 30.7 Å². The molecule has 0 aromatic heterocycles. The number of benzene rings is 2. The molecule has 0 bridgehead atoms. The number of carbonyl (C=O) groups excluding carboxylic acids is 1. The molecular formula is C20H24O4. The van der Waals surface area contributed by atoms with Crippen molar-refractivity contribution in [3.05, 3.63) is 58.7 Å². The molecule has 0 amide bonds. The molecule has 128 valence electrons. The van der Waals surface area contributed by atoms with E-state index in [0.717, 1.165) is 29.7 Å². The molecule has 0 unspecified atom stereocenters. The molecule has 0 aliphatic rings. The summed E-state index contributed by atoms with van der Waals surface area (Å²) in [6.45, 7) is 6.54. The second-order valence-corrected chi connectivity index (χ2v) is 5.55. The fraction of sp³-hybridized carbons (Fsp3) is 0.350. The lowest BCUT2D eigenvalue weighted by Gasteiger charge is -2.15. The van der Waals surface area contributed by atoms with Gasteiger partial charge < -0.3 is 14.2 Å². The Morgan fingerprint density at radius 2 is 1.83 bits per heavy atom. The van der Waals surface area contributed by atoms with Gasteiger partial charge in [-0.25, -0.2) is 4.79 Å². The molecular weight excluding hydrogens is 304 g/mol. The standard InChI is InChI=1S/C20H24O4/c1-5-15-10-11-18(16(6-2)12-15)23-13-17-14(3)8-7-9-19(17)24-20(21)22-4/h7-12H,5-6,13H2,1-4H3. The molecule has 0 aliphatic carbocycles. The zero-order valence-electron chi connectivity index (χ0n) is 14.7. The van der Waals surface area contributed by atoms with Crippen molar-refractivity contribution in [3.63, 3.8) is 0 Å². The maximum Gasteiger partial charge on any atom is 0.513 e. The van der Waals surface area contributed by atoms with E-state index < -0.39 is 6.16 Å². The predicted octanol–water partition coefficient (Wildman–Crippen LogP) is 4.84. The van der Waals surface area contributed by atoms with E-state index in [1.54, 1.807) is 6.07 Å². The zero-order chi connectivity index (χ0) is 17.5. The van der Waals surface area contributed by atoms with Crippen molar-refractivity contribution in [2.45, 2.75) is 40.2 Å². The first-order chi connectivity index (χ1) is 11.6. The molecule has 0 fully saturated rings. The van der Waals surface area contributed by atoms with Gasteiger partial charge in [-0.05, 0) is 48.6 Å². The summed E-state index contributed by atoms with van der Waals surface area (Å²) in [7, 11) is 1.29. The van der Waals surface area contributed by atoms with Crippen LogP contribution >= 0.6 is 0 Å². The van der Waals surface area contributed by atoms with Crippen LogP contribution in [0.1, 0.15) is 36.1 Å². The van der Waals surface area contributed by atoms with Gasteiger partial charge in [-0.2, -0.15) is 0 Å². The number of aryl methyl sites for hydroxylation is 3. The summed E-state index contributed by atoms with van der Waals surface area (Å²) in [6.07, 6.45) is 1.17. The van der Waals surface area contributed by atoms with Gasteiger partial charge in [-0.3, -0.25) is 0 Å². The fourth-order valence-electron chi connectivity index (χ4n) is 2.51. The van der Waals surface area contributed by atoms with Crippen molar-refractivity contribution in [1.29, 1.82) is 0 Å². The average molecular weight is 328 g/mol. The summed E-state index contributed by atoms with van der Waals surface area (Å²) in [5, 5.41) is 0. The second-order valence-electron chi connectivity index (χ2n) is 5.55. The van der Waals surface area contributed by atoms with Crippen molar-refractivity contribution in [3.8, 4) is 11.5 Å². The van der Waals surface area contributed by atoms with Gasteiger partial charge in [0, 0.05) is 5.56 Å². The highest BCUT2D eigenvalue weighted by atomic mass is 16.7. The van der Waals surface area contributed by atoms with Crippen molar-refractivity contribution < 1.29 is 19.0 Å². The summed E-state index contributed by atoms with van der Waals surface area (Å²) >= 11 is 0. The first-order valence-corrected chi connectivity index (χ1v) is 8.17. The van der Waals surface area contributed by atoms with Crippen molar-refractivity contribution in [2.24, 2.45) is 0 Å². The Morgan fingerprint density at radius 3 is 2.50 bits per heavy atom. The highest BCUT2D eigenvalue weighted by Crippen LogP contribution is 2.27. The fourth-order valence-corrected chi connectivity index (χ4v) is 2.51. The molecule has 0 radical (unpaired) electrons. The van der Waals surface area contributed by atoms with Crippen LogP contribution < -0.4 is 9.47 Å². The normalized spacial score (nSPS) is 10.3. The lowest BCUT2D eigenvalue weighted by molar-refractivity contribution is 0.120. The first kappa shape index (κ1) is 17.9. The van der Waals surface area contributed by atoms with E-state index in [0.29, 0.717) is 12.4 Å². The van der Waals surface area contributed by atoms with Crippen LogP contribution in [0.4, 0.5) is 4.79 Å². The van der Waals surface area contributed by atoms with E-state index >= 15 is 0 Å². The van der Waals surface area contributed by atoms with Crippen LogP contribution in [0.3, 0.4) is 0 Å². The van der Waals surface area contributed by atoms with E-state index in [1.165, 1.54) is 18.2 Å². The SMILES string of the molecule is CCc1ccc(OCc2c(C)cccc2OC(=O)OC)c(CC)c1. The summed E-state index contributed by atoms with van der Waals surface area (Å²) in [4.78, 5) is 11.4. The third-order valence-electron chi connectivity index (χ3n) is 4.01. The topological polar surface area (TPSA) is 44.8 Å². The number of hydrogen-bond donors (Lipinski definition) is 0. The van der Waals surface area contributed by atoms with Crippen molar-refractivity contribution in [1.82, 2.24) is 0 Å². The molecule has 0 N–H and O–H groups in total. The van der Waals surface area contributed by atoms with Crippen LogP contribution in [0.5, 0.6) is 11.5 Å². The number of carbonyl (C=O) groups is 1. The Balaban J connectivity index is 2.21. The molecule has 0 heterocycles. The van der Waals surface area contributed by atoms with E-state index in [9.17, 15) is 4.79 Å². The monoisotopic (exact) mass is 328 g/mol. The Bertz CT molecular complexity index is 707. The maximum atomic E-state index is 11.4. The Labute approximate surface area is 143 Å². The van der Waals surface area contributed by atoms with E-state index in [4.69, 9.17) is 9.47 Å². The summed E-state index contributed by atoms with van der Waals surface area (Å²) < 4.78 is 15.8. The van der Waals surface area contributed by atoms with Crippen LogP contribution in [0, 0.1) is 6.92 Å². The van der Waals surface area contributed by atoms with Crippen molar-refractivity contribution in [2.75, 3.05) is 7.11 Å². The second kappa shape index (κ2) is 8.39. The molecule has 0 saturated carbocycles. The third kappa shape index (κ3) is 4.28. The highest BCUT2D eigenvalue weighted by molar-refractivity contribution is 5.64. The minimum atomic E-state index is -0.733. The first-order valence-electron chi connectivity index (χ1n) is 8.17. The molecule has 24 heavy (non-hydrogen) atoms.